The van der Waals surface area contributed by atoms with Gasteiger partial charge in [0.05, 0.1) is 12.7 Å². The van der Waals surface area contributed by atoms with E-state index in [1.165, 1.54) is 11.6 Å². The number of rotatable bonds is 9. The maximum Gasteiger partial charge on any atom is 0.123 e. The van der Waals surface area contributed by atoms with Crippen LogP contribution in [0.5, 0.6) is 5.75 Å². The van der Waals surface area contributed by atoms with Crippen molar-refractivity contribution < 1.29 is 14.2 Å². The summed E-state index contributed by atoms with van der Waals surface area (Å²) in [5, 5.41) is 15.0. The zero-order valence-corrected chi connectivity index (χ0v) is 19.1. The maximum atomic E-state index is 13.6. The second kappa shape index (κ2) is 11.1. The third-order valence-electron chi connectivity index (χ3n) is 6.23. The molecule has 0 spiro atoms. The molecule has 30 heavy (non-hydrogen) atoms. The summed E-state index contributed by atoms with van der Waals surface area (Å²) in [6.07, 6.45) is 4.23. The van der Waals surface area contributed by atoms with E-state index in [0.29, 0.717) is 12.3 Å². The van der Waals surface area contributed by atoms with Gasteiger partial charge in [0.2, 0.25) is 0 Å². The van der Waals surface area contributed by atoms with Crippen LogP contribution in [0.15, 0.2) is 42.5 Å². The molecule has 0 aromatic heterocycles. The van der Waals surface area contributed by atoms with Gasteiger partial charge < -0.3 is 15.2 Å². The van der Waals surface area contributed by atoms with Crippen molar-refractivity contribution in [1.82, 2.24) is 5.32 Å². The SMILES string of the molecule is COc1ccc(CCCNCCC2(O)CCc3cc(F)ccc3C2C(C)C)cc1.Cl. The van der Waals surface area contributed by atoms with Crippen LogP contribution in [0, 0.1) is 11.7 Å². The molecule has 2 aromatic carbocycles. The predicted octanol–water partition coefficient (Wildman–Crippen LogP) is 5.29. The molecule has 2 unspecified atom stereocenters. The lowest BCUT2D eigenvalue weighted by Gasteiger charge is -2.44. The van der Waals surface area contributed by atoms with Crippen molar-refractivity contribution >= 4 is 12.4 Å². The van der Waals surface area contributed by atoms with E-state index in [1.807, 2.05) is 18.2 Å². The lowest BCUT2D eigenvalue weighted by Crippen LogP contribution is -2.45. The molecule has 0 saturated carbocycles. The Morgan fingerprint density at radius 2 is 1.90 bits per heavy atom. The van der Waals surface area contributed by atoms with E-state index in [2.05, 4.69) is 31.3 Å². The Morgan fingerprint density at radius 1 is 1.17 bits per heavy atom. The molecule has 0 amide bonds. The van der Waals surface area contributed by atoms with E-state index in [4.69, 9.17) is 4.74 Å². The Labute approximate surface area is 186 Å². The first-order valence-corrected chi connectivity index (χ1v) is 10.8. The lowest BCUT2D eigenvalue weighted by molar-refractivity contribution is -0.0241. The van der Waals surface area contributed by atoms with Crippen LogP contribution < -0.4 is 10.1 Å². The van der Waals surface area contributed by atoms with E-state index in [-0.39, 0.29) is 24.1 Å². The number of fused-ring (bicyclic) bond motifs is 1. The van der Waals surface area contributed by atoms with Crippen LogP contribution in [0.25, 0.3) is 0 Å². The quantitative estimate of drug-likeness (QED) is 0.526. The summed E-state index contributed by atoms with van der Waals surface area (Å²) in [6.45, 7) is 6.02. The molecule has 0 saturated heterocycles. The highest BCUT2D eigenvalue weighted by Gasteiger charge is 2.42. The topological polar surface area (TPSA) is 41.5 Å². The van der Waals surface area contributed by atoms with Crippen molar-refractivity contribution in [2.45, 2.75) is 57.5 Å². The second-order valence-corrected chi connectivity index (χ2v) is 8.62. The number of benzene rings is 2. The lowest BCUT2D eigenvalue weighted by atomic mass is 9.66. The minimum absolute atomic E-state index is 0. The van der Waals surface area contributed by atoms with Crippen LogP contribution in [0.4, 0.5) is 4.39 Å². The van der Waals surface area contributed by atoms with Crippen LogP contribution in [-0.4, -0.2) is 30.9 Å². The molecular weight excluding hydrogens is 401 g/mol. The fourth-order valence-corrected chi connectivity index (χ4v) is 4.79. The van der Waals surface area contributed by atoms with Crippen LogP contribution in [-0.2, 0) is 12.8 Å². The van der Waals surface area contributed by atoms with Gasteiger partial charge >= 0.3 is 0 Å². The highest BCUT2D eigenvalue weighted by atomic mass is 35.5. The summed E-state index contributed by atoms with van der Waals surface area (Å²) in [6, 6.07) is 13.3. The summed E-state index contributed by atoms with van der Waals surface area (Å²) in [4.78, 5) is 0. The highest BCUT2D eigenvalue weighted by molar-refractivity contribution is 5.85. The summed E-state index contributed by atoms with van der Waals surface area (Å²) >= 11 is 0. The van der Waals surface area contributed by atoms with E-state index in [1.54, 1.807) is 13.2 Å². The molecule has 166 valence electrons. The second-order valence-electron chi connectivity index (χ2n) is 8.62. The molecule has 1 aliphatic rings. The van der Waals surface area contributed by atoms with Gasteiger partial charge in [0, 0.05) is 5.92 Å². The molecule has 2 aromatic rings. The minimum atomic E-state index is -0.734. The highest BCUT2D eigenvalue weighted by Crippen LogP contribution is 2.45. The Hall–Kier alpha value is -1.62. The maximum absolute atomic E-state index is 13.6. The van der Waals surface area contributed by atoms with Crippen LogP contribution in [0.3, 0.4) is 0 Å². The van der Waals surface area contributed by atoms with Gasteiger partial charge in [-0.05, 0) is 92.1 Å². The number of ether oxygens (including phenoxy) is 1. The predicted molar refractivity (Wildman–Crippen MR) is 123 cm³/mol. The van der Waals surface area contributed by atoms with Crippen LogP contribution >= 0.6 is 12.4 Å². The first-order chi connectivity index (χ1) is 13.9. The van der Waals surface area contributed by atoms with E-state index >= 15 is 0 Å². The van der Waals surface area contributed by atoms with Crippen molar-refractivity contribution in [3.05, 3.63) is 65.0 Å². The zero-order valence-electron chi connectivity index (χ0n) is 18.3. The van der Waals surface area contributed by atoms with Gasteiger partial charge in [0.25, 0.3) is 0 Å². The molecule has 3 nitrogen and oxygen atoms in total. The normalized spacial score (nSPS) is 20.5. The molecule has 0 heterocycles. The molecule has 0 radical (unpaired) electrons. The fraction of sp³-hybridized carbons (Fsp3) is 0.520. The monoisotopic (exact) mass is 435 g/mol. The number of aliphatic hydroxyl groups is 1. The molecule has 1 aliphatic carbocycles. The summed E-state index contributed by atoms with van der Waals surface area (Å²) in [5.74, 6) is 1.05. The van der Waals surface area contributed by atoms with Crippen LogP contribution in [0.1, 0.15) is 55.7 Å². The minimum Gasteiger partial charge on any atom is -0.497 e. The average molecular weight is 436 g/mol. The van der Waals surface area contributed by atoms with Crippen molar-refractivity contribution in [2.75, 3.05) is 20.2 Å². The summed E-state index contributed by atoms with van der Waals surface area (Å²) in [5.41, 5.74) is 2.75. The number of methoxy groups -OCH3 is 1. The first kappa shape index (κ1) is 24.6. The van der Waals surface area contributed by atoms with Gasteiger partial charge in [-0.25, -0.2) is 4.39 Å². The van der Waals surface area contributed by atoms with E-state index in [9.17, 15) is 9.50 Å². The first-order valence-electron chi connectivity index (χ1n) is 10.8. The van der Waals surface area contributed by atoms with Crippen molar-refractivity contribution in [3.8, 4) is 5.75 Å². The van der Waals surface area contributed by atoms with Crippen molar-refractivity contribution in [3.63, 3.8) is 0 Å². The molecule has 3 rings (SSSR count). The fourth-order valence-electron chi connectivity index (χ4n) is 4.79. The van der Waals surface area contributed by atoms with Gasteiger partial charge in [-0.1, -0.05) is 32.0 Å². The third-order valence-corrected chi connectivity index (χ3v) is 6.23. The molecule has 0 fully saturated rings. The largest absolute Gasteiger partial charge is 0.497 e. The number of hydrogen-bond donors (Lipinski definition) is 2. The summed E-state index contributed by atoms with van der Waals surface area (Å²) in [7, 11) is 1.68. The average Bonchev–Trinajstić information content (AvgIpc) is 2.71. The Bertz CT molecular complexity index is 796. The molecule has 0 aliphatic heterocycles. The molecular formula is C25H35ClFNO2. The van der Waals surface area contributed by atoms with Crippen LogP contribution in [0.2, 0.25) is 0 Å². The van der Waals surface area contributed by atoms with Crippen molar-refractivity contribution in [1.29, 1.82) is 0 Å². The molecule has 2 atom stereocenters. The van der Waals surface area contributed by atoms with Gasteiger partial charge in [0.1, 0.15) is 11.6 Å². The molecule has 0 bridgehead atoms. The number of hydrogen-bond acceptors (Lipinski definition) is 3. The Balaban J connectivity index is 0.00000320. The standard InChI is InChI=1S/C25H34FNO2.ClH/c1-18(2)24-23-11-8-21(26)17-20(23)12-13-25(24,28)14-16-27-15-4-5-19-6-9-22(29-3)10-7-19;/h6-11,17-18,24,27-28H,4-5,12-16H2,1-3H3;1H. The number of nitrogens with one attached hydrogen (secondary N) is 1. The van der Waals surface area contributed by atoms with Gasteiger partial charge in [-0.2, -0.15) is 0 Å². The molecule has 5 heteroatoms. The Kier molecular flexibility index (Phi) is 9.14. The zero-order chi connectivity index (χ0) is 20.9. The van der Waals surface area contributed by atoms with E-state index < -0.39 is 5.60 Å². The third kappa shape index (κ3) is 5.96. The summed E-state index contributed by atoms with van der Waals surface area (Å²) < 4.78 is 18.8. The van der Waals surface area contributed by atoms with E-state index in [0.717, 1.165) is 55.6 Å². The number of halogens is 2. The number of aryl methyl sites for hydroxylation is 2. The van der Waals surface area contributed by atoms with Gasteiger partial charge in [0.15, 0.2) is 0 Å². The van der Waals surface area contributed by atoms with Gasteiger partial charge in [-0.3, -0.25) is 0 Å². The smallest absolute Gasteiger partial charge is 0.123 e. The molecule has 2 N–H and O–H groups in total. The van der Waals surface area contributed by atoms with Crippen molar-refractivity contribution in [2.24, 2.45) is 5.92 Å². The van der Waals surface area contributed by atoms with Gasteiger partial charge in [-0.15, -0.1) is 12.4 Å². The Morgan fingerprint density at radius 3 is 2.57 bits per heavy atom.